The second-order valence-corrected chi connectivity index (χ2v) is 12.5. The third-order valence-corrected chi connectivity index (χ3v) is 7.49. The maximum atomic E-state index is 12.4. The van der Waals surface area contributed by atoms with E-state index < -0.39 is 26.8 Å². The summed E-state index contributed by atoms with van der Waals surface area (Å²) in [6.07, 6.45) is 1.68. The lowest BCUT2D eigenvalue weighted by atomic mass is 10.1. The number of ether oxygens (including phenoxy) is 2. The van der Waals surface area contributed by atoms with Gasteiger partial charge in [-0.1, -0.05) is 24.1 Å². The number of rotatable bonds is 8. The predicted octanol–water partition coefficient (Wildman–Crippen LogP) is 4.60. The van der Waals surface area contributed by atoms with E-state index in [0.717, 1.165) is 0 Å². The van der Waals surface area contributed by atoms with Crippen molar-refractivity contribution in [3.63, 3.8) is 0 Å². The average molecular weight is 551 g/mol. The summed E-state index contributed by atoms with van der Waals surface area (Å²) in [6.45, 7) is 9.56. The monoisotopic (exact) mass is 550 g/mol. The molecular formula is C29H34N4O5S. The van der Waals surface area contributed by atoms with Crippen LogP contribution in [0.15, 0.2) is 59.6 Å². The van der Waals surface area contributed by atoms with E-state index >= 15 is 0 Å². The predicted molar refractivity (Wildman–Crippen MR) is 151 cm³/mol. The van der Waals surface area contributed by atoms with E-state index in [1.165, 1.54) is 6.20 Å². The average Bonchev–Trinajstić information content (AvgIpc) is 2.87. The highest BCUT2D eigenvalue weighted by Crippen LogP contribution is 2.23. The van der Waals surface area contributed by atoms with Gasteiger partial charge in [-0.25, -0.2) is 23.2 Å². The number of nitrogens with zero attached hydrogens (tertiary/aromatic N) is 2. The lowest BCUT2D eigenvalue weighted by molar-refractivity contribution is 0.0525. The first kappa shape index (κ1) is 29.5. The van der Waals surface area contributed by atoms with Gasteiger partial charge in [0.05, 0.1) is 28.6 Å². The molecule has 0 atom stereocenters. The highest BCUT2D eigenvalue weighted by molar-refractivity contribution is 7.92. The number of nitrogens with two attached hydrogens (primary N) is 1. The van der Waals surface area contributed by atoms with Crippen LogP contribution in [0.2, 0.25) is 0 Å². The topological polar surface area (TPSA) is 134 Å². The zero-order chi connectivity index (χ0) is 28.6. The molecule has 10 heteroatoms. The fraction of sp³-hybridized carbons (Fsp3) is 0.345. The van der Waals surface area contributed by atoms with Crippen molar-refractivity contribution in [1.82, 2.24) is 15.3 Å². The number of benzene rings is 2. The van der Waals surface area contributed by atoms with Gasteiger partial charge in [0.25, 0.3) is 0 Å². The molecule has 0 saturated carbocycles. The molecule has 0 fully saturated rings. The number of anilines is 1. The number of carbonyl (C=O) groups excluding carboxylic acids is 1. The first-order chi connectivity index (χ1) is 18.3. The van der Waals surface area contributed by atoms with Crippen molar-refractivity contribution in [3.8, 4) is 28.8 Å². The number of alkyl carbamates (subject to hydrolysis) is 1. The molecule has 1 aromatic heterocycles. The Morgan fingerprint density at radius 1 is 1.10 bits per heavy atom. The van der Waals surface area contributed by atoms with Gasteiger partial charge < -0.3 is 20.5 Å². The van der Waals surface area contributed by atoms with Gasteiger partial charge in [-0.3, -0.25) is 0 Å². The van der Waals surface area contributed by atoms with Crippen molar-refractivity contribution in [1.29, 1.82) is 0 Å². The van der Waals surface area contributed by atoms with Gasteiger partial charge >= 0.3 is 6.09 Å². The molecule has 3 N–H and O–H groups in total. The minimum Gasteiger partial charge on any atom is -0.493 e. The third kappa shape index (κ3) is 8.72. The largest absolute Gasteiger partial charge is 0.493 e. The number of sulfone groups is 1. The molecule has 0 bridgehead atoms. The van der Waals surface area contributed by atoms with Gasteiger partial charge in [-0.15, -0.1) is 0 Å². The highest BCUT2D eigenvalue weighted by Gasteiger charge is 2.19. The van der Waals surface area contributed by atoms with Crippen LogP contribution in [0.25, 0.3) is 11.3 Å². The molecule has 1 heterocycles. The maximum absolute atomic E-state index is 12.4. The van der Waals surface area contributed by atoms with Crippen molar-refractivity contribution in [2.75, 3.05) is 18.9 Å². The van der Waals surface area contributed by atoms with Crippen molar-refractivity contribution in [3.05, 3.63) is 66.0 Å². The van der Waals surface area contributed by atoms with Crippen LogP contribution in [-0.4, -0.2) is 48.5 Å². The molecule has 9 nitrogen and oxygen atoms in total. The number of hydrogen-bond acceptors (Lipinski definition) is 8. The Balaban J connectivity index is 1.64. The summed E-state index contributed by atoms with van der Waals surface area (Å²) in [4.78, 5) is 20.7. The van der Waals surface area contributed by atoms with Gasteiger partial charge in [0.2, 0.25) is 0 Å². The van der Waals surface area contributed by atoms with E-state index in [9.17, 15) is 13.2 Å². The van der Waals surface area contributed by atoms with Crippen LogP contribution in [0.4, 0.5) is 10.6 Å². The minimum atomic E-state index is -3.36. The summed E-state index contributed by atoms with van der Waals surface area (Å²) in [5.41, 5.74) is 7.71. The molecule has 0 radical (unpaired) electrons. The first-order valence-electron chi connectivity index (χ1n) is 12.5. The second kappa shape index (κ2) is 12.6. The van der Waals surface area contributed by atoms with Gasteiger partial charge in [0.1, 0.15) is 11.4 Å². The molecular weight excluding hydrogens is 516 g/mol. The van der Waals surface area contributed by atoms with E-state index in [-0.39, 0.29) is 10.7 Å². The molecule has 0 saturated heterocycles. The fourth-order valence-corrected chi connectivity index (χ4v) is 4.34. The molecule has 206 valence electrons. The zero-order valence-corrected chi connectivity index (χ0v) is 23.6. The Hall–Kier alpha value is -4.10. The van der Waals surface area contributed by atoms with E-state index in [1.807, 2.05) is 39.0 Å². The summed E-state index contributed by atoms with van der Waals surface area (Å²) >= 11 is 0. The molecule has 0 unspecified atom stereocenters. The number of hydrogen-bond donors (Lipinski definition) is 2. The molecule has 2 aromatic carbocycles. The van der Waals surface area contributed by atoms with Crippen LogP contribution in [-0.2, 0) is 14.6 Å². The molecule has 0 aliphatic rings. The molecule has 0 spiro atoms. The van der Waals surface area contributed by atoms with Crippen molar-refractivity contribution >= 4 is 21.7 Å². The van der Waals surface area contributed by atoms with Crippen molar-refractivity contribution in [2.45, 2.75) is 56.8 Å². The summed E-state index contributed by atoms with van der Waals surface area (Å²) in [5, 5.41) is 2.19. The van der Waals surface area contributed by atoms with Crippen LogP contribution < -0.4 is 15.8 Å². The quantitative estimate of drug-likeness (QED) is 0.307. The van der Waals surface area contributed by atoms with E-state index in [0.29, 0.717) is 47.8 Å². The molecule has 0 aliphatic heterocycles. The summed E-state index contributed by atoms with van der Waals surface area (Å²) in [5.74, 6) is 6.83. The number of carbonyl (C=O) groups is 1. The lowest BCUT2D eigenvalue weighted by Gasteiger charge is -2.19. The van der Waals surface area contributed by atoms with E-state index in [4.69, 9.17) is 15.2 Å². The second-order valence-electron chi connectivity index (χ2n) is 10.0. The van der Waals surface area contributed by atoms with E-state index in [1.54, 1.807) is 44.2 Å². The number of aromatic nitrogens is 2. The molecule has 3 rings (SSSR count). The Morgan fingerprint density at radius 2 is 1.82 bits per heavy atom. The molecule has 3 aromatic rings. The molecule has 1 amide bonds. The third-order valence-electron chi connectivity index (χ3n) is 5.32. The summed E-state index contributed by atoms with van der Waals surface area (Å²) in [7, 11) is -3.36. The van der Waals surface area contributed by atoms with Crippen LogP contribution in [0.1, 0.15) is 52.3 Å². The SMILES string of the molecule is CC(C)S(=O)(=O)c1ccc(-c2cnc(N)c(C#Cc3cccc(OCCCNC(=O)OC(C)(C)C)c3)n2)cc1. The number of nitrogen functional groups attached to an aromatic ring is 1. The number of nitrogens with one attached hydrogen (secondary N) is 1. The standard InChI is InChI=1S/C29H34N4O5S/c1-20(2)39(35,36)24-13-11-22(12-14-24)26-19-32-27(30)25(33-26)15-10-21-8-6-9-23(18-21)37-17-7-16-31-28(34)38-29(3,4)5/h6,8-9,11-14,18-20H,7,16-17H2,1-5H3,(H2,30,32)(H,31,34). The first-order valence-corrected chi connectivity index (χ1v) is 14.1. The highest BCUT2D eigenvalue weighted by atomic mass is 32.2. The van der Waals surface area contributed by atoms with Crippen molar-refractivity contribution in [2.24, 2.45) is 0 Å². The Morgan fingerprint density at radius 3 is 2.49 bits per heavy atom. The fourth-order valence-electron chi connectivity index (χ4n) is 3.28. The van der Waals surface area contributed by atoms with Crippen LogP contribution in [0.5, 0.6) is 5.75 Å². The van der Waals surface area contributed by atoms with Crippen molar-refractivity contribution < 1.29 is 22.7 Å². The van der Waals surface area contributed by atoms with Gasteiger partial charge in [0.15, 0.2) is 21.3 Å². The van der Waals surface area contributed by atoms with Crippen LogP contribution >= 0.6 is 0 Å². The normalized spacial score (nSPS) is 11.4. The maximum Gasteiger partial charge on any atom is 0.407 e. The molecule has 0 aliphatic carbocycles. The lowest BCUT2D eigenvalue weighted by Crippen LogP contribution is -2.33. The van der Waals surface area contributed by atoms with Gasteiger partial charge in [-0.05, 0) is 77.3 Å². The Labute approximate surface area is 230 Å². The van der Waals surface area contributed by atoms with Crippen LogP contribution in [0, 0.1) is 11.8 Å². The molecule has 39 heavy (non-hydrogen) atoms. The van der Waals surface area contributed by atoms with E-state index in [2.05, 4.69) is 27.1 Å². The Bertz CT molecular complexity index is 1470. The minimum absolute atomic E-state index is 0.190. The van der Waals surface area contributed by atoms with Crippen LogP contribution in [0.3, 0.4) is 0 Å². The smallest absolute Gasteiger partial charge is 0.407 e. The van der Waals surface area contributed by atoms with Gasteiger partial charge in [-0.2, -0.15) is 0 Å². The summed E-state index contributed by atoms with van der Waals surface area (Å²) in [6, 6.07) is 13.8. The summed E-state index contributed by atoms with van der Waals surface area (Å²) < 4.78 is 35.7. The Kier molecular flexibility index (Phi) is 9.54. The van der Waals surface area contributed by atoms with Gasteiger partial charge in [0, 0.05) is 17.7 Å². The zero-order valence-electron chi connectivity index (χ0n) is 22.8. The number of amides is 1.